The maximum Gasteiger partial charge on any atom is 0.284 e. The van der Waals surface area contributed by atoms with E-state index in [-0.39, 0.29) is 29.8 Å². The van der Waals surface area contributed by atoms with Crippen LogP contribution in [-0.4, -0.2) is 49.8 Å². The Kier molecular flexibility index (Phi) is 6.99. The van der Waals surface area contributed by atoms with Crippen LogP contribution in [0.15, 0.2) is 58.8 Å². The van der Waals surface area contributed by atoms with Crippen LogP contribution >= 0.6 is 11.8 Å². The first-order chi connectivity index (χ1) is 15.9. The van der Waals surface area contributed by atoms with E-state index in [2.05, 4.69) is 10.2 Å². The number of carbonyl (C=O) groups is 1. The van der Waals surface area contributed by atoms with E-state index < -0.39 is 10.7 Å². The SMILES string of the molecule is Cn1cnnc1Sc1ccc(C(=O)N(Cc2cccc(F)c2)CC2CCCO2)cc1[N+](=O)[O-]. The Hall–Kier alpha value is -3.31. The van der Waals surface area contributed by atoms with Gasteiger partial charge in [-0.3, -0.25) is 14.9 Å². The molecule has 0 radical (unpaired) electrons. The second-order valence-electron chi connectivity index (χ2n) is 7.72. The predicted octanol–water partition coefficient (Wildman–Crippen LogP) is 3.84. The molecule has 3 aromatic rings. The Morgan fingerprint density at radius 3 is 2.88 bits per heavy atom. The number of nitro benzene ring substituents is 1. The number of halogens is 1. The van der Waals surface area contributed by atoms with Gasteiger partial charge in [-0.05, 0) is 54.4 Å². The molecule has 0 bridgehead atoms. The first kappa shape index (κ1) is 22.9. The molecular weight excluding hydrogens is 449 g/mol. The lowest BCUT2D eigenvalue weighted by atomic mass is 10.1. The Morgan fingerprint density at radius 1 is 1.36 bits per heavy atom. The van der Waals surface area contributed by atoms with Gasteiger partial charge >= 0.3 is 0 Å². The highest BCUT2D eigenvalue weighted by molar-refractivity contribution is 7.99. The Morgan fingerprint density at radius 2 is 2.21 bits per heavy atom. The average molecular weight is 472 g/mol. The standard InChI is InChI=1S/C22H22FN5O4S/c1-26-14-24-25-22(26)33-20-8-7-16(11-19(20)28(30)31)21(29)27(13-18-6-3-9-32-18)12-15-4-2-5-17(23)10-15/h2,4-5,7-8,10-11,14,18H,3,6,9,12-13H2,1H3. The third kappa shape index (κ3) is 5.55. The first-order valence-electron chi connectivity index (χ1n) is 10.4. The molecule has 1 amide bonds. The highest BCUT2D eigenvalue weighted by atomic mass is 32.2. The van der Waals surface area contributed by atoms with Gasteiger partial charge in [-0.25, -0.2) is 4.39 Å². The summed E-state index contributed by atoms with van der Waals surface area (Å²) in [4.78, 5) is 26.5. The number of carbonyl (C=O) groups excluding carboxylic acids is 1. The number of nitrogens with zero attached hydrogens (tertiary/aromatic N) is 5. The third-order valence-corrected chi connectivity index (χ3v) is 6.39. The van der Waals surface area contributed by atoms with Crippen molar-refractivity contribution >= 4 is 23.4 Å². The number of nitro groups is 1. The minimum atomic E-state index is -0.521. The molecule has 1 unspecified atom stereocenters. The molecule has 0 spiro atoms. The maximum atomic E-state index is 13.7. The van der Waals surface area contributed by atoms with Crippen LogP contribution in [0, 0.1) is 15.9 Å². The quantitative estimate of drug-likeness (QED) is 0.363. The molecule has 0 saturated carbocycles. The molecule has 4 rings (SSSR count). The Balaban J connectivity index is 1.62. The van der Waals surface area contributed by atoms with E-state index in [9.17, 15) is 19.3 Å². The Bertz CT molecular complexity index is 1170. The smallest absolute Gasteiger partial charge is 0.284 e. The van der Waals surface area contributed by atoms with Crippen molar-refractivity contribution in [3.63, 3.8) is 0 Å². The first-order valence-corrected chi connectivity index (χ1v) is 11.2. The van der Waals surface area contributed by atoms with Crippen molar-refractivity contribution in [1.29, 1.82) is 0 Å². The number of hydrogen-bond donors (Lipinski definition) is 0. The second-order valence-corrected chi connectivity index (χ2v) is 8.73. The maximum absolute atomic E-state index is 13.7. The summed E-state index contributed by atoms with van der Waals surface area (Å²) in [6, 6.07) is 10.4. The van der Waals surface area contributed by atoms with Crippen LogP contribution in [-0.2, 0) is 18.3 Å². The van der Waals surface area contributed by atoms with Gasteiger partial charge < -0.3 is 14.2 Å². The lowest BCUT2D eigenvalue weighted by Crippen LogP contribution is -2.37. The normalized spacial score (nSPS) is 15.5. The molecule has 1 aliphatic rings. The van der Waals surface area contributed by atoms with E-state index >= 15 is 0 Å². The van der Waals surface area contributed by atoms with Crippen LogP contribution in [0.4, 0.5) is 10.1 Å². The lowest BCUT2D eigenvalue weighted by molar-refractivity contribution is -0.387. The van der Waals surface area contributed by atoms with Crippen LogP contribution in [0.1, 0.15) is 28.8 Å². The molecule has 1 fully saturated rings. The van der Waals surface area contributed by atoms with E-state index in [1.165, 1.54) is 30.6 Å². The molecule has 1 aromatic heterocycles. The predicted molar refractivity (Wildman–Crippen MR) is 118 cm³/mol. The molecule has 9 nitrogen and oxygen atoms in total. The van der Waals surface area contributed by atoms with Gasteiger partial charge in [-0.1, -0.05) is 12.1 Å². The number of rotatable bonds is 8. The molecule has 0 aliphatic carbocycles. The van der Waals surface area contributed by atoms with Crippen molar-refractivity contribution in [2.75, 3.05) is 13.2 Å². The lowest BCUT2D eigenvalue weighted by Gasteiger charge is -2.26. The number of hydrogen-bond acceptors (Lipinski definition) is 7. The summed E-state index contributed by atoms with van der Waals surface area (Å²) >= 11 is 1.10. The summed E-state index contributed by atoms with van der Waals surface area (Å²) in [5, 5.41) is 20.0. The van der Waals surface area contributed by atoms with Crippen molar-refractivity contribution in [3.05, 3.63) is 75.9 Å². The number of aromatic nitrogens is 3. The van der Waals surface area contributed by atoms with E-state index in [1.54, 1.807) is 34.7 Å². The zero-order valence-corrected chi connectivity index (χ0v) is 18.7. The number of aryl methyl sites for hydroxylation is 1. The Labute approximate surface area is 193 Å². The van der Waals surface area contributed by atoms with E-state index in [4.69, 9.17) is 4.74 Å². The molecule has 11 heteroatoms. The van der Waals surface area contributed by atoms with Gasteiger partial charge in [-0.2, -0.15) is 0 Å². The molecule has 2 heterocycles. The van der Waals surface area contributed by atoms with Gasteiger partial charge in [0.1, 0.15) is 12.1 Å². The van der Waals surface area contributed by atoms with Gasteiger partial charge in [0.15, 0.2) is 5.16 Å². The second kappa shape index (κ2) is 10.1. The van der Waals surface area contributed by atoms with E-state index in [1.807, 2.05) is 0 Å². The largest absolute Gasteiger partial charge is 0.376 e. The molecule has 1 aliphatic heterocycles. The van der Waals surface area contributed by atoms with Crippen molar-refractivity contribution in [2.24, 2.45) is 7.05 Å². The number of benzene rings is 2. The van der Waals surface area contributed by atoms with Crippen LogP contribution in [0.2, 0.25) is 0 Å². The fraction of sp³-hybridized carbons (Fsp3) is 0.318. The molecular formula is C22H22FN5O4S. The van der Waals surface area contributed by atoms with Crippen LogP contribution in [0.3, 0.4) is 0 Å². The summed E-state index contributed by atoms with van der Waals surface area (Å²) in [6.45, 7) is 1.12. The van der Waals surface area contributed by atoms with Crippen molar-refractivity contribution in [3.8, 4) is 0 Å². The average Bonchev–Trinajstić information content (AvgIpc) is 3.45. The molecule has 2 aromatic carbocycles. The summed E-state index contributed by atoms with van der Waals surface area (Å²) in [6.07, 6.45) is 3.11. The van der Waals surface area contributed by atoms with Crippen LogP contribution in [0.5, 0.6) is 0 Å². The summed E-state index contributed by atoms with van der Waals surface area (Å²) < 4.78 is 21.0. The van der Waals surface area contributed by atoms with E-state index in [0.717, 1.165) is 24.6 Å². The van der Waals surface area contributed by atoms with Crippen LogP contribution < -0.4 is 0 Å². The van der Waals surface area contributed by atoms with Gasteiger partial charge in [0, 0.05) is 38.4 Å². The van der Waals surface area contributed by atoms with Gasteiger partial charge in [0.25, 0.3) is 11.6 Å². The highest BCUT2D eigenvalue weighted by Crippen LogP contribution is 2.34. The van der Waals surface area contributed by atoms with Crippen LogP contribution in [0.25, 0.3) is 0 Å². The molecule has 33 heavy (non-hydrogen) atoms. The monoisotopic (exact) mass is 471 g/mol. The number of amides is 1. The summed E-state index contributed by atoms with van der Waals surface area (Å²) in [5.41, 5.74) is 0.611. The minimum absolute atomic E-state index is 0.122. The summed E-state index contributed by atoms with van der Waals surface area (Å²) in [7, 11) is 1.74. The van der Waals surface area contributed by atoms with Gasteiger partial charge in [-0.15, -0.1) is 10.2 Å². The fourth-order valence-corrected chi connectivity index (χ4v) is 4.48. The molecule has 1 saturated heterocycles. The van der Waals surface area contributed by atoms with Crippen molar-refractivity contribution in [2.45, 2.75) is 35.5 Å². The van der Waals surface area contributed by atoms with Crippen molar-refractivity contribution in [1.82, 2.24) is 19.7 Å². The third-order valence-electron chi connectivity index (χ3n) is 5.27. The van der Waals surface area contributed by atoms with Crippen molar-refractivity contribution < 1.29 is 18.8 Å². The van der Waals surface area contributed by atoms with Gasteiger partial charge in [0.2, 0.25) is 0 Å². The zero-order chi connectivity index (χ0) is 23.4. The zero-order valence-electron chi connectivity index (χ0n) is 17.9. The fourth-order valence-electron chi connectivity index (χ4n) is 3.63. The minimum Gasteiger partial charge on any atom is -0.376 e. The highest BCUT2D eigenvalue weighted by Gasteiger charge is 2.26. The topological polar surface area (TPSA) is 103 Å². The molecule has 1 atom stereocenters. The molecule has 0 N–H and O–H groups in total. The van der Waals surface area contributed by atoms with Gasteiger partial charge in [0.05, 0.1) is 15.9 Å². The number of ether oxygens (including phenoxy) is 1. The molecule has 172 valence electrons. The summed E-state index contributed by atoms with van der Waals surface area (Å²) in [5.74, 6) is -0.772. The van der Waals surface area contributed by atoms with E-state index in [0.29, 0.717) is 28.8 Å².